The second-order valence-corrected chi connectivity index (χ2v) is 4.70. The Morgan fingerprint density at radius 1 is 1.71 bits per heavy atom. The molecule has 0 amide bonds. The van der Waals surface area contributed by atoms with E-state index in [-0.39, 0.29) is 6.42 Å². The molecular formula is C9H12N2O2S. The summed E-state index contributed by atoms with van der Waals surface area (Å²) < 4.78 is 0. The van der Waals surface area contributed by atoms with Crippen LogP contribution in [0.25, 0.3) is 0 Å². The lowest BCUT2D eigenvalue weighted by molar-refractivity contribution is -0.136. The van der Waals surface area contributed by atoms with Crippen molar-refractivity contribution < 1.29 is 9.90 Å². The summed E-state index contributed by atoms with van der Waals surface area (Å²) in [5.74, 6) is -0.801. The number of nitrogens with zero attached hydrogens (tertiary/aromatic N) is 2. The zero-order valence-electron chi connectivity index (χ0n) is 7.99. The number of thiazole rings is 1. The fraction of sp³-hybridized carbons (Fsp3) is 0.556. The van der Waals surface area contributed by atoms with Crippen molar-refractivity contribution in [2.24, 2.45) is 0 Å². The standard InChI is InChI=1S/C9H12N2O2S/c1-11-3-2-7-6(5-11)10-8(14-7)4-9(12)13/h2-5H2,1H3,(H,12,13). The summed E-state index contributed by atoms with van der Waals surface area (Å²) in [7, 11) is 2.05. The Bertz CT molecular complexity index is 362. The highest BCUT2D eigenvalue weighted by Gasteiger charge is 2.18. The fourth-order valence-corrected chi connectivity index (χ4v) is 2.65. The number of aliphatic carboxylic acids is 1. The fourth-order valence-electron chi connectivity index (χ4n) is 1.59. The predicted octanol–water partition coefficient (Wildman–Crippen LogP) is 0.758. The first-order chi connectivity index (χ1) is 6.65. The Balaban J connectivity index is 2.19. The van der Waals surface area contributed by atoms with Gasteiger partial charge in [0.05, 0.1) is 12.1 Å². The Labute approximate surface area is 86.2 Å². The highest BCUT2D eigenvalue weighted by Crippen LogP contribution is 2.24. The molecule has 1 aromatic heterocycles. The highest BCUT2D eigenvalue weighted by molar-refractivity contribution is 7.11. The SMILES string of the molecule is CN1CCc2sc(CC(=O)O)nc2C1. The summed E-state index contributed by atoms with van der Waals surface area (Å²) in [5.41, 5.74) is 1.07. The van der Waals surface area contributed by atoms with Gasteiger partial charge in [-0.05, 0) is 13.5 Å². The van der Waals surface area contributed by atoms with Crippen molar-refractivity contribution in [3.8, 4) is 0 Å². The minimum absolute atomic E-state index is 0.0569. The Hall–Kier alpha value is -0.940. The third-order valence-electron chi connectivity index (χ3n) is 2.27. The van der Waals surface area contributed by atoms with Gasteiger partial charge in [0.25, 0.3) is 0 Å². The van der Waals surface area contributed by atoms with Gasteiger partial charge >= 0.3 is 5.97 Å². The van der Waals surface area contributed by atoms with Gasteiger partial charge in [-0.2, -0.15) is 0 Å². The van der Waals surface area contributed by atoms with E-state index in [1.54, 1.807) is 11.3 Å². The maximum Gasteiger partial charge on any atom is 0.310 e. The van der Waals surface area contributed by atoms with Gasteiger partial charge in [-0.3, -0.25) is 4.79 Å². The number of fused-ring (bicyclic) bond motifs is 1. The first kappa shape index (κ1) is 9.61. The van der Waals surface area contributed by atoms with Crippen LogP contribution in [0.4, 0.5) is 0 Å². The molecule has 2 rings (SSSR count). The summed E-state index contributed by atoms with van der Waals surface area (Å²) in [6.07, 6.45) is 1.06. The van der Waals surface area contributed by atoms with E-state index in [0.717, 1.165) is 30.2 Å². The highest BCUT2D eigenvalue weighted by atomic mass is 32.1. The molecule has 0 unspecified atom stereocenters. The summed E-state index contributed by atoms with van der Waals surface area (Å²) in [6.45, 7) is 1.90. The van der Waals surface area contributed by atoms with E-state index >= 15 is 0 Å². The zero-order chi connectivity index (χ0) is 10.1. The molecular weight excluding hydrogens is 200 g/mol. The molecule has 0 aromatic carbocycles. The number of carbonyl (C=O) groups is 1. The van der Waals surface area contributed by atoms with Crippen LogP contribution < -0.4 is 0 Å². The lowest BCUT2D eigenvalue weighted by Crippen LogP contribution is -2.25. The van der Waals surface area contributed by atoms with E-state index in [2.05, 4.69) is 16.9 Å². The minimum Gasteiger partial charge on any atom is -0.481 e. The van der Waals surface area contributed by atoms with Gasteiger partial charge in [0, 0.05) is 18.0 Å². The molecule has 1 N–H and O–H groups in total. The lowest BCUT2D eigenvalue weighted by Gasteiger charge is -2.20. The molecule has 0 spiro atoms. The van der Waals surface area contributed by atoms with Crippen LogP contribution in [-0.2, 0) is 24.2 Å². The summed E-state index contributed by atoms with van der Waals surface area (Å²) in [5, 5.41) is 9.37. The summed E-state index contributed by atoms with van der Waals surface area (Å²) in [4.78, 5) is 18.3. The average Bonchev–Trinajstić information content (AvgIpc) is 2.44. The van der Waals surface area contributed by atoms with E-state index in [9.17, 15) is 4.79 Å². The lowest BCUT2D eigenvalue weighted by atomic mass is 10.2. The molecule has 0 radical (unpaired) electrons. The van der Waals surface area contributed by atoms with Crippen molar-refractivity contribution in [2.45, 2.75) is 19.4 Å². The Morgan fingerprint density at radius 2 is 2.50 bits per heavy atom. The van der Waals surface area contributed by atoms with Gasteiger partial charge in [0.2, 0.25) is 0 Å². The van der Waals surface area contributed by atoms with Crippen molar-refractivity contribution in [1.82, 2.24) is 9.88 Å². The van der Waals surface area contributed by atoms with Crippen LogP contribution in [0.15, 0.2) is 0 Å². The number of aromatic nitrogens is 1. The molecule has 0 aliphatic carbocycles. The van der Waals surface area contributed by atoms with Gasteiger partial charge < -0.3 is 10.0 Å². The van der Waals surface area contributed by atoms with Gasteiger partial charge in [-0.25, -0.2) is 4.98 Å². The number of carboxylic acids is 1. The van der Waals surface area contributed by atoms with Crippen LogP contribution in [0.3, 0.4) is 0 Å². The minimum atomic E-state index is -0.801. The molecule has 14 heavy (non-hydrogen) atoms. The van der Waals surface area contributed by atoms with Gasteiger partial charge in [-0.15, -0.1) is 11.3 Å². The molecule has 0 bridgehead atoms. The van der Waals surface area contributed by atoms with E-state index < -0.39 is 5.97 Å². The maximum absolute atomic E-state index is 10.5. The molecule has 0 atom stereocenters. The number of rotatable bonds is 2. The smallest absolute Gasteiger partial charge is 0.310 e. The van der Waals surface area contributed by atoms with Crippen molar-refractivity contribution in [2.75, 3.05) is 13.6 Å². The van der Waals surface area contributed by atoms with Crippen molar-refractivity contribution in [1.29, 1.82) is 0 Å². The predicted molar refractivity (Wildman–Crippen MR) is 53.5 cm³/mol. The number of hydrogen-bond donors (Lipinski definition) is 1. The first-order valence-corrected chi connectivity index (χ1v) is 5.34. The molecule has 0 saturated carbocycles. The second-order valence-electron chi connectivity index (χ2n) is 3.54. The maximum atomic E-state index is 10.5. The van der Waals surface area contributed by atoms with E-state index in [4.69, 9.17) is 5.11 Å². The molecule has 1 aromatic rings. The van der Waals surface area contributed by atoms with Crippen LogP contribution in [-0.4, -0.2) is 34.6 Å². The normalized spacial score (nSPS) is 16.6. The van der Waals surface area contributed by atoms with Crippen LogP contribution >= 0.6 is 11.3 Å². The van der Waals surface area contributed by atoms with E-state index in [1.807, 2.05) is 0 Å². The van der Waals surface area contributed by atoms with Crippen molar-refractivity contribution in [3.05, 3.63) is 15.6 Å². The molecule has 0 fully saturated rings. The number of carboxylic acid groups (broad SMARTS) is 1. The topological polar surface area (TPSA) is 53.4 Å². The Morgan fingerprint density at radius 3 is 3.21 bits per heavy atom. The first-order valence-electron chi connectivity index (χ1n) is 4.53. The molecule has 1 aliphatic heterocycles. The van der Waals surface area contributed by atoms with Gasteiger partial charge in [-0.1, -0.05) is 0 Å². The molecule has 76 valence electrons. The van der Waals surface area contributed by atoms with Gasteiger partial charge in [0.1, 0.15) is 5.01 Å². The summed E-state index contributed by atoms with van der Waals surface area (Å²) >= 11 is 1.55. The molecule has 2 heterocycles. The largest absolute Gasteiger partial charge is 0.481 e. The van der Waals surface area contributed by atoms with Gasteiger partial charge in [0.15, 0.2) is 0 Å². The quantitative estimate of drug-likeness (QED) is 0.786. The molecule has 1 aliphatic rings. The molecule has 0 saturated heterocycles. The summed E-state index contributed by atoms with van der Waals surface area (Å²) in [6, 6.07) is 0. The second kappa shape index (κ2) is 3.67. The van der Waals surface area contributed by atoms with Crippen molar-refractivity contribution in [3.63, 3.8) is 0 Å². The zero-order valence-corrected chi connectivity index (χ0v) is 8.80. The average molecular weight is 212 g/mol. The number of likely N-dealkylation sites (N-methyl/N-ethyl adjacent to an activating group) is 1. The molecule has 4 nitrogen and oxygen atoms in total. The third kappa shape index (κ3) is 1.93. The van der Waals surface area contributed by atoms with E-state index in [1.165, 1.54) is 4.88 Å². The monoisotopic (exact) mass is 212 g/mol. The third-order valence-corrected chi connectivity index (χ3v) is 3.42. The van der Waals surface area contributed by atoms with Crippen LogP contribution in [0.2, 0.25) is 0 Å². The van der Waals surface area contributed by atoms with Crippen LogP contribution in [0.1, 0.15) is 15.6 Å². The number of hydrogen-bond acceptors (Lipinski definition) is 4. The Kier molecular flexibility index (Phi) is 2.52. The van der Waals surface area contributed by atoms with Crippen LogP contribution in [0.5, 0.6) is 0 Å². The van der Waals surface area contributed by atoms with E-state index in [0.29, 0.717) is 0 Å². The van der Waals surface area contributed by atoms with Crippen molar-refractivity contribution >= 4 is 17.3 Å². The van der Waals surface area contributed by atoms with Crippen LogP contribution in [0, 0.1) is 0 Å². The molecule has 5 heteroatoms.